The van der Waals surface area contributed by atoms with Gasteiger partial charge in [0.2, 0.25) is 0 Å². The first-order valence-corrected chi connectivity index (χ1v) is 5.47. The molecule has 0 heterocycles. The zero-order valence-corrected chi connectivity index (χ0v) is 8.57. The van der Waals surface area contributed by atoms with Crippen LogP contribution in [-0.2, 0) is 10.0 Å². The van der Waals surface area contributed by atoms with Crippen molar-refractivity contribution >= 4 is 27.3 Å². The predicted molar refractivity (Wildman–Crippen MR) is 54.1 cm³/mol. The minimum atomic E-state index is -3.57. The SMILES string of the molecule is C=CS(=O)(=O)Nc1ccc(F)c(Cl)c1. The van der Waals surface area contributed by atoms with Crippen LogP contribution in [0.15, 0.2) is 30.2 Å². The van der Waals surface area contributed by atoms with E-state index in [2.05, 4.69) is 11.3 Å². The minimum Gasteiger partial charge on any atom is -0.280 e. The second-order valence-corrected chi connectivity index (χ2v) is 4.48. The van der Waals surface area contributed by atoms with Crippen LogP contribution in [0.1, 0.15) is 0 Å². The Morgan fingerprint density at radius 2 is 2.14 bits per heavy atom. The third-order valence-corrected chi connectivity index (χ3v) is 2.65. The van der Waals surface area contributed by atoms with Gasteiger partial charge in [0.25, 0.3) is 10.0 Å². The van der Waals surface area contributed by atoms with E-state index in [-0.39, 0.29) is 10.7 Å². The third-order valence-electron chi connectivity index (χ3n) is 1.40. The van der Waals surface area contributed by atoms with Crippen molar-refractivity contribution in [3.8, 4) is 0 Å². The molecule has 0 aliphatic carbocycles. The lowest BCUT2D eigenvalue weighted by Gasteiger charge is -2.04. The molecular formula is C8H7ClFNO2S. The van der Waals surface area contributed by atoms with E-state index >= 15 is 0 Å². The van der Waals surface area contributed by atoms with Gasteiger partial charge in [-0.25, -0.2) is 12.8 Å². The summed E-state index contributed by atoms with van der Waals surface area (Å²) in [6, 6.07) is 3.52. The first-order valence-electron chi connectivity index (χ1n) is 3.55. The summed E-state index contributed by atoms with van der Waals surface area (Å²) in [6.07, 6.45) is 0. The normalized spacial score (nSPS) is 11.0. The van der Waals surface area contributed by atoms with Gasteiger partial charge in [-0.3, -0.25) is 4.72 Å². The Morgan fingerprint density at radius 3 is 2.64 bits per heavy atom. The van der Waals surface area contributed by atoms with Gasteiger partial charge in [0.15, 0.2) is 0 Å². The second-order valence-electron chi connectivity index (χ2n) is 2.44. The number of benzene rings is 1. The monoisotopic (exact) mass is 235 g/mol. The highest BCUT2D eigenvalue weighted by molar-refractivity contribution is 7.95. The number of halogens is 2. The lowest BCUT2D eigenvalue weighted by atomic mass is 10.3. The van der Waals surface area contributed by atoms with Crippen LogP contribution >= 0.6 is 11.6 Å². The van der Waals surface area contributed by atoms with Crippen molar-refractivity contribution in [2.24, 2.45) is 0 Å². The van der Waals surface area contributed by atoms with Crippen molar-refractivity contribution in [3.05, 3.63) is 41.0 Å². The molecule has 0 amide bonds. The zero-order valence-electron chi connectivity index (χ0n) is 7.00. The first-order chi connectivity index (χ1) is 6.44. The van der Waals surface area contributed by atoms with E-state index in [9.17, 15) is 12.8 Å². The van der Waals surface area contributed by atoms with Gasteiger partial charge in [-0.1, -0.05) is 18.2 Å². The molecule has 0 fully saturated rings. The van der Waals surface area contributed by atoms with Crippen LogP contribution in [0.4, 0.5) is 10.1 Å². The molecule has 0 saturated heterocycles. The number of sulfonamides is 1. The Hall–Kier alpha value is -1.07. The molecule has 6 heteroatoms. The topological polar surface area (TPSA) is 46.2 Å². The molecule has 1 N–H and O–H groups in total. The molecule has 14 heavy (non-hydrogen) atoms. The lowest BCUT2D eigenvalue weighted by molar-refractivity contribution is 0.609. The highest BCUT2D eigenvalue weighted by Gasteiger charge is 2.06. The fourth-order valence-electron chi connectivity index (χ4n) is 0.766. The standard InChI is InChI=1S/C8H7ClFNO2S/c1-2-14(12,13)11-6-3-4-8(10)7(9)5-6/h2-5,11H,1H2. The highest BCUT2D eigenvalue weighted by atomic mass is 35.5. The van der Waals surface area contributed by atoms with Gasteiger partial charge in [-0.15, -0.1) is 0 Å². The Balaban J connectivity index is 3.00. The molecule has 1 aromatic carbocycles. The molecule has 1 aromatic rings. The maximum absolute atomic E-state index is 12.7. The maximum Gasteiger partial charge on any atom is 0.254 e. The van der Waals surface area contributed by atoms with Gasteiger partial charge in [-0.05, 0) is 18.2 Å². The number of anilines is 1. The molecule has 1 rings (SSSR count). The third kappa shape index (κ3) is 2.71. The van der Waals surface area contributed by atoms with Gasteiger partial charge in [0, 0.05) is 5.41 Å². The molecule has 0 unspecified atom stereocenters. The first kappa shape index (κ1) is 11.0. The van der Waals surface area contributed by atoms with Gasteiger partial charge < -0.3 is 0 Å². The van der Waals surface area contributed by atoms with Crippen LogP contribution in [0.3, 0.4) is 0 Å². The quantitative estimate of drug-likeness (QED) is 0.874. The molecule has 0 aromatic heterocycles. The molecule has 76 valence electrons. The van der Waals surface area contributed by atoms with Crippen LogP contribution in [0, 0.1) is 5.82 Å². The summed E-state index contributed by atoms with van der Waals surface area (Å²) in [6.45, 7) is 3.11. The average molecular weight is 236 g/mol. The molecule has 0 atom stereocenters. The molecule has 0 bridgehead atoms. The van der Waals surface area contributed by atoms with Gasteiger partial charge in [0.05, 0.1) is 10.7 Å². The Labute approximate surface area is 86.3 Å². The van der Waals surface area contributed by atoms with Crippen molar-refractivity contribution < 1.29 is 12.8 Å². The van der Waals surface area contributed by atoms with E-state index in [1.807, 2.05) is 0 Å². The van der Waals surface area contributed by atoms with Gasteiger partial charge >= 0.3 is 0 Å². The summed E-state index contributed by atoms with van der Waals surface area (Å²) in [5.41, 5.74) is 0.191. The fourth-order valence-corrected chi connectivity index (χ4v) is 1.48. The number of rotatable bonds is 3. The molecule has 0 saturated carbocycles. The van der Waals surface area contributed by atoms with E-state index in [1.54, 1.807) is 0 Å². The minimum absolute atomic E-state index is 0.144. The Bertz CT molecular complexity index is 458. The van der Waals surface area contributed by atoms with Gasteiger partial charge in [0.1, 0.15) is 5.82 Å². The Kier molecular flexibility index (Phi) is 3.13. The largest absolute Gasteiger partial charge is 0.280 e. The van der Waals surface area contributed by atoms with Crippen LogP contribution < -0.4 is 4.72 Å². The van der Waals surface area contributed by atoms with E-state index < -0.39 is 15.8 Å². The maximum atomic E-state index is 12.7. The summed E-state index contributed by atoms with van der Waals surface area (Å²) in [5.74, 6) is -0.604. The van der Waals surface area contributed by atoms with Crippen LogP contribution in [0.2, 0.25) is 5.02 Å². The van der Waals surface area contributed by atoms with Crippen molar-refractivity contribution in [3.63, 3.8) is 0 Å². The van der Waals surface area contributed by atoms with Crippen molar-refractivity contribution in [2.75, 3.05) is 4.72 Å². The molecule has 0 spiro atoms. The second kappa shape index (κ2) is 3.98. The zero-order chi connectivity index (χ0) is 10.8. The number of hydrogen-bond donors (Lipinski definition) is 1. The average Bonchev–Trinajstić information content (AvgIpc) is 2.11. The van der Waals surface area contributed by atoms with Crippen molar-refractivity contribution in [1.29, 1.82) is 0 Å². The fraction of sp³-hybridized carbons (Fsp3) is 0. The van der Waals surface area contributed by atoms with E-state index in [1.165, 1.54) is 12.1 Å². The summed E-state index contributed by atoms with van der Waals surface area (Å²) in [5, 5.41) is 0.610. The number of hydrogen-bond acceptors (Lipinski definition) is 2. The molecule has 0 aliphatic rings. The van der Waals surface area contributed by atoms with Crippen molar-refractivity contribution in [1.82, 2.24) is 0 Å². The summed E-state index contributed by atoms with van der Waals surface area (Å²) < 4.78 is 36.8. The van der Waals surface area contributed by atoms with E-state index in [4.69, 9.17) is 11.6 Å². The van der Waals surface area contributed by atoms with Crippen LogP contribution in [-0.4, -0.2) is 8.42 Å². The molecule has 3 nitrogen and oxygen atoms in total. The van der Waals surface area contributed by atoms with Gasteiger partial charge in [-0.2, -0.15) is 0 Å². The molecule has 0 radical (unpaired) electrons. The predicted octanol–water partition coefficient (Wildman–Crippen LogP) is 2.36. The lowest BCUT2D eigenvalue weighted by Crippen LogP contribution is -2.08. The van der Waals surface area contributed by atoms with E-state index in [0.29, 0.717) is 0 Å². The van der Waals surface area contributed by atoms with E-state index in [0.717, 1.165) is 11.5 Å². The van der Waals surface area contributed by atoms with Crippen LogP contribution in [0.5, 0.6) is 0 Å². The number of nitrogens with one attached hydrogen (secondary N) is 1. The Morgan fingerprint density at radius 1 is 1.50 bits per heavy atom. The summed E-state index contributed by atoms with van der Waals surface area (Å²) >= 11 is 5.45. The summed E-state index contributed by atoms with van der Waals surface area (Å²) in [7, 11) is -3.57. The molecular weight excluding hydrogens is 229 g/mol. The summed E-state index contributed by atoms with van der Waals surface area (Å²) in [4.78, 5) is 0. The van der Waals surface area contributed by atoms with Crippen molar-refractivity contribution in [2.45, 2.75) is 0 Å². The molecule has 0 aliphatic heterocycles. The smallest absolute Gasteiger partial charge is 0.254 e. The van der Waals surface area contributed by atoms with Crippen LogP contribution in [0.25, 0.3) is 0 Å². The highest BCUT2D eigenvalue weighted by Crippen LogP contribution is 2.20.